The summed E-state index contributed by atoms with van der Waals surface area (Å²) in [5.74, 6) is 0. The molecule has 0 spiro atoms. The summed E-state index contributed by atoms with van der Waals surface area (Å²) >= 11 is 0. The average Bonchev–Trinajstić information content (AvgIpc) is 1.37. The monoisotopic (exact) mass is 153 g/mol. The molecule has 0 amide bonds. The molecule has 0 saturated heterocycles. The van der Waals surface area contributed by atoms with E-state index in [1.165, 1.54) is 0 Å². The number of hydrogen-bond acceptors (Lipinski definition) is 2. The van der Waals surface area contributed by atoms with Crippen molar-refractivity contribution in [3.63, 3.8) is 0 Å². The molecule has 2 nitrogen and oxygen atoms in total. The predicted molar refractivity (Wildman–Crippen MR) is 28.0 cm³/mol. The van der Waals surface area contributed by atoms with Crippen molar-refractivity contribution >= 4 is 17.4 Å². The first-order chi connectivity index (χ1) is 1.91. The molecule has 0 aromatic rings. The normalized spacial score (nSPS) is 5.00. The van der Waals surface area contributed by atoms with Gasteiger partial charge in [0.2, 0.25) is 0 Å². The van der Waals surface area contributed by atoms with Crippen LogP contribution < -0.4 is 11.5 Å². The molecule has 0 rings (SSSR count). The van der Waals surface area contributed by atoms with Crippen molar-refractivity contribution in [2.75, 3.05) is 13.1 Å². The number of nitrogens with two attached hydrogens (primary N) is 2. The molecule has 0 aliphatic rings. The zero-order chi connectivity index (χ0) is 3.41. The Morgan fingerprint density at radius 2 is 1.17 bits per heavy atom. The Balaban J connectivity index is -0.0000000450. The summed E-state index contributed by atoms with van der Waals surface area (Å²) in [5.41, 5.74) is 9.81. The van der Waals surface area contributed by atoms with Crippen molar-refractivity contribution in [2.24, 2.45) is 11.5 Å². The van der Waals surface area contributed by atoms with Crippen LogP contribution in [0.25, 0.3) is 0 Å². The molecular formula is C2H11AlCuN2. The summed E-state index contributed by atoms with van der Waals surface area (Å²) in [5, 5.41) is 0. The van der Waals surface area contributed by atoms with E-state index in [0.717, 1.165) is 0 Å². The van der Waals surface area contributed by atoms with Crippen molar-refractivity contribution in [2.45, 2.75) is 0 Å². The Labute approximate surface area is 59.3 Å². The molecule has 0 aromatic carbocycles. The molecule has 0 saturated carbocycles. The molecular weight excluding hydrogens is 143 g/mol. The molecule has 43 valence electrons. The van der Waals surface area contributed by atoms with Crippen LogP contribution in [0, 0.1) is 0 Å². The second-order valence-corrected chi connectivity index (χ2v) is 0.577. The van der Waals surface area contributed by atoms with Crippen LogP contribution in [-0.4, -0.2) is 30.5 Å². The van der Waals surface area contributed by atoms with Gasteiger partial charge in [-0.25, -0.2) is 0 Å². The van der Waals surface area contributed by atoms with Gasteiger partial charge in [-0.3, -0.25) is 0 Å². The van der Waals surface area contributed by atoms with E-state index in [2.05, 4.69) is 0 Å². The summed E-state index contributed by atoms with van der Waals surface area (Å²) in [4.78, 5) is 0. The van der Waals surface area contributed by atoms with E-state index in [1.807, 2.05) is 0 Å². The minimum absolute atomic E-state index is 0. The maximum atomic E-state index is 4.90. The summed E-state index contributed by atoms with van der Waals surface area (Å²) in [6.07, 6.45) is 0. The molecule has 0 aliphatic carbocycles. The van der Waals surface area contributed by atoms with Gasteiger partial charge in [0.25, 0.3) is 0 Å². The Bertz CT molecular complexity index is 13.5. The Morgan fingerprint density at radius 3 is 1.17 bits per heavy atom. The molecule has 1 radical (unpaired) electrons. The largest absolute Gasteiger partial charge is 0.329 e. The molecule has 0 atom stereocenters. The van der Waals surface area contributed by atoms with Gasteiger partial charge in [-0.15, -0.1) is 0 Å². The molecule has 0 heterocycles. The van der Waals surface area contributed by atoms with E-state index >= 15 is 0 Å². The van der Waals surface area contributed by atoms with Crippen LogP contribution in [0.2, 0.25) is 0 Å². The van der Waals surface area contributed by atoms with Gasteiger partial charge in [0.15, 0.2) is 17.4 Å². The standard InChI is InChI=1S/C2H8N2.Al.Cu.3H/c3-1-2-4;;;;;/h1-4H2;;;;;. The second kappa shape index (κ2) is 16.7. The Morgan fingerprint density at radius 1 is 1.00 bits per heavy atom. The summed E-state index contributed by atoms with van der Waals surface area (Å²) in [6, 6.07) is 0. The van der Waals surface area contributed by atoms with Gasteiger partial charge in [0.05, 0.1) is 0 Å². The van der Waals surface area contributed by atoms with Crippen LogP contribution in [0.4, 0.5) is 0 Å². The zero-order valence-corrected chi connectivity index (χ0v) is 3.81. The molecule has 0 aliphatic heterocycles. The molecule has 4 N–H and O–H groups in total. The van der Waals surface area contributed by atoms with Gasteiger partial charge in [-0.05, 0) is 0 Å². The summed E-state index contributed by atoms with van der Waals surface area (Å²) in [7, 11) is 0. The van der Waals surface area contributed by atoms with Crippen molar-refractivity contribution in [1.82, 2.24) is 0 Å². The van der Waals surface area contributed by atoms with Gasteiger partial charge in [0, 0.05) is 30.2 Å². The van der Waals surface area contributed by atoms with Gasteiger partial charge < -0.3 is 11.5 Å². The molecule has 0 bridgehead atoms. The molecule has 0 aromatic heterocycles. The summed E-state index contributed by atoms with van der Waals surface area (Å²) < 4.78 is 0. The molecule has 6 heavy (non-hydrogen) atoms. The minimum Gasteiger partial charge on any atom is -0.329 e. The fraction of sp³-hybridized carbons (Fsp3) is 1.00. The smallest absolute Gasteiger partial charge is 0.187 e. The van der Waals surface area contributed by atoms with Gasteiger partial charge >= 0.3 is 0 Å². The SMILES string of the molecule is NCCN.[AlH3].[Cu]. The Kier molecular flexibility index (Phi) is 43.9. The van der Waals surface area contributed by atoms with E-state index in [1.54, 1.807) is 0 Å². The van der Waals surface area contributed by atoms with Gasteiger partial charge in [-0.1, -0.05) is 0 Å². The van der Waals surface area contributed by atoms with Crippen LogP contribution in [0.15, 0.2) is 0 Å². The van der Waals surface area contributed by atoms with Crippen molar-refractivity contribution in [3.8, 4) is 0 Å². The van der Waals surface area contributed by atoms with Crippen molar-refractivity contribution < 1.29 is 17.1 Å². The van der Waals surface area contributed by atoms with E-state index < -0.39 is 0 Å². The van der Waals surface area contributed by atoms with E-state index in [9.17, 15) is 0 Å². The summed E-state index contributed by atoms with van der Waals surface area (Å²) in [6.45, 7) is 1.19. The first-order valence-electron chi connectivity index (χ1n) is 1.32. The average molecular weight is 154 g/mol. The fourth-order valence-corrected chi connectivity index (χ4v) is 0. The Hall–Kier alpha value is 0.972. The fourth-order valence-electron chi connectivity index (χ4n) is 0. The van der Waals surface area contributed by atoms with Crippen molar-refractivity contribution in [3.05, 3.63) is 0 Å². The van der Waals surface area contributed by atoms with Gasteiger partial charge in [0.1, 0.15) is 0 Å². The quantitative estimate of drug-likeness (QED) is 0.417. The van der Waals surface area contributed by atoms with Crippen LogP contribution >= 0.6 is 0 Å². The van der Waals surface area contributed by atoms with Crippen molar-refractivity contribution in [1.29, 1.82) is 0 Å². The zero-order valence-electron chi connectivity index (χ0n) is 2.87. The third kappa shape index (κ3) is 20.2. The van der Waals surface area contributed by atoms with Crippen LogP contribution in [-0.2, 0) is 17.1 Å². The maximum Gasteiger partial charge on any atom is 0.187 e. The van der Waals surface area contributed by atoms with E-state index in [-0.39, 0.29) is 34.4 Å². The third-order valence-corrected chi connectivity index (χ3v) is 0.167. The number of hydrogen-bond donors (Lipinski definition) is 2. The van der Waals surface area contributed by atoms with Crippen LogP contribution in [0.1, 0.15) is 0 Å². The molecule has 0 fully saturated rings. The topological polar surface area (TPSA) is 52.0 Å². The van der Waals surface area contributed by atoms with Gasteiger partial charge in [-0.2, -0.15) is 0 Å². The first kappa shape index (κ1) is 15.8. The second-order valence-electron chi connectivity index (χ2n) is 0.577. The number of rotatable bonds is 1. The maximum absolute atomic E-state index is 4.90. The molecule has 4 heteroatoms. The molecule has 0 unspecified atom stereocenters. The first-order valence-corrected chi connectivity index (χ1v) is 1.32. The van der Waals surface area contributed by atoms with E-state index in [4.69, 9.17) is 11.5 Å². The van der Waals surface area contributed by atoms with Crippen LogP contribution in [0.5, 0.6) is 0 Å². The van der Waals surface area contributed by atoms with E-state index in [0.29, 0.717) is 13.1 Å². The minimum atomic E-state index is 0. The predicted octanol–water partition coefficient (Wildman–Crippen LogP) is -2.28. The third-order valence-electron chi connectivity index (χ3n) is 0.167. The van der Waals surface area contributed by atoms with Crippen LogP contribution in [0.3, 0.4) is 0 Å².